The van der Waals surface area contributed by atoms with Crippen LogP contribution in [-0.2, 0) is 18.0 Å². The van der Waals surface area contributed by atoms with E-state index in [2.05, 4.69) is 21.2 Å². The molecule has 0 spiro atoms. The summed E-state index contributed by atoms with van der Waals surface area (Å²) in [5, 5.41) is 2.68. The molecule has 0 saturated carbocycles. The van der Waals surface area contributed by atoms with E-state index in [0.29, 0.717) is 12.3 Å². The lowest BCUT2D eigenvalue weighted by molar-refractivity contribution is 0.155. The van der Waals surface area contributed by atoms with Gasteiger partial charge in [0.05, 0.1) is 0 Å². The number of anilines is 1. The molecule has 0 aliphatic rings. The first-order chi connectivity index (χ1) is 12.7. The van der Waals surface area contributed by atoms with Crippen molar-refractivity contribution in [3.8, 4) is 5.75 Å². The average Bonchev–Trinajstić information content (AvgIpc) is 2.68. The summed E-state index contributed by atoms with van der Waals surface area (Å²) >= 11 is 3.35. The van der Waals surface area contributed by atoms with Gasteiger partial charge in [0.1, 0.15) is 19.0 Å². The quantitative estimate of drug-likeness (QED) is 0.559. The van der Waals surface area contributed by atoms with E-state index in [1.54, 1.807) is 12.1 Å². The van der Waals surface area contributed by atoms with Crippen LogP contribution in [0.3, 0.4) is 0 Å². The van der Waals surface area contributed by atoms with Gasteiger partial charge in [-0.25, -0.2) is 4.79 Å². The third-order valence-corrected chi connectivity index (χ3v) is 4.16. The summed E-state index contributed by atoms with van der Waals surface area (Å²) < 4.78 is 11.9. The van der Waals surface area contributed by atoms with Crippen molar-refractivity contribution in [2.75, 3.05) is 5.32 Å². The number of halogens is 1. The van der Waals surface area contributed by atoms with E-state index in [1.807, 2.05) is 66.7 Å². The van der Waals surface area contributed by atoms with Crippen LogP contribution in [0.5, 0.6) is 5.75 Å². The molecule has 0 unspecified atom stereocenters. The molecular formula is C21H18BrNO3. The van der Waals surface area contributed by atoms with Gasteiger partial charge in [-0.1, -0.05) is 58.4 Å². The number of hydrogen-bond donors (Lipinski definition) is 1. The van der Waals surface area contributed by atoms with Crippen LogP contribution >= 0.6 is 15.9 Å². The Morgan fingerprint density at radius 1 is 0.808 bits per heavy atom. The van der Waals surface area contributed by atoms with Gasteiger partial charge in [0.2, 0.25) is 0 Å². The fraction of sp³-hybridized carbons (Fsp3) is 0.0952. The molecule has 3 aromatic rings. The molecule has 0 radical (unpaired) electrons. The Kier molecular flexibility index (Phi) is 6.28. The third kappa shape index (κ3) is 5.63. The maximum absolute atomic E-state index is 11.8. The molecule has 0 aliphatic heterocycles. The van der Waals surface area contributed by atoms with Gasteiger partial charge >= 0.3 is 6.09 Å². The van der Waals surface area contributed by atoms with E-state index in [1.165, 1.54) is 0 Å². The summed E-state index contributed by atoms with van der Waals surface area (Å²) in [6.07, 6.45) is -0.489. The average molecular weight is 412 g/mol. The van der Waals surface area contributed by atoms with Crippen molar-refractivity contribution in [3.05, 3.63) is 94.5 Å². The van der Waals surface area contributed by atoms with Crippen LogP contribution in [0.4, 0.5) is 10.5 Å². The molecule has 0 bridgehead atoms. The molecule has 3 aromatic carbocycles. The number of ether oxygens (including phenoxy) is 2. The van der Waals surface area contributed by atoms with E-state index < -0.39 is 6.09 Å². The Labute approximate surface area is 160 Å². The molecule has 0 aliphatic carbocycles. The highest BCUT2D eigenvalue weighted by molar-refractivity contribution is 9.10. The zero-order valence-electron chi connectivity index (χ0n) is 14.0. The van der Waals surface area contributed by atoms with Gasteiger partial charge in [0.25, 0.3) is 0 Å². The van der Waals surface area contributed by atoms with Gasteiger partial charge in [-0.3, -0.25) is 5.32 Å². The maximum atomic E-state index is 11.8. The molecule has 0 heterocycles. The predicted molar refractivity (Wildman–Crippen MR) is 105 cm³/mol. The van der Waals surface area contributed by atoms with Crippen molar-refractivity contribution >= 4 is 27.7 Å². The second-order valence-electron chi connectivity index (χ2n) is 5.63. The third-order valence-electron chi connectivity index (χ3n) is 3.63. The van der Waals surface area contributed by atoms with Crippen molar-refractivity contribution in [1.29, 1.82) is 0 Å². The van der Waals surface area contributed by atoms with Crippen LogP contribution in [-0.4, -0.2) is 6.09 Å². The first-order valence-corrected chi connectivity index (χ1v) is 8.93. The van der Waals surface area contributed by atoms with Gasteiger partial charge < -0.3 is 9.47 Å². The van der Waals surface area contributed by atoms with E-state index in [0.717, 1.165) is 21.3 Å². The standard InChI is InChI=1S/C21H18BrNO3/c22-18-8-10-19(11-9-18)23-21(24)26-15-17-6-12-20(13-7-17)25-14-16-4-2-1-3-5-16/h1-13H,14-15H2,(H,23,24). The first kappa shape index (κ1) is 18.0. The largest absolute Gasteiger partial charge is 0.489 e. The Morgan fingerprint density at radius 3 is 2.15 bits per heavy atom. The number of carbonyl (C=O) groups is 1. The molecule has 4 nitrogen and oxygen atoms in total. The smallest absolute Gasteiger partial charge is 0.411 e. The van der Waals surface area contributed by atoms with Crippen molar-refractivity contribution < 1.29 is 14.3 Å². The van der Waals surface area contributed by atoms with Crippen LogP contribution in [0.2, 0.25) is 0 Å². The van der Waals surface area contributed by atoms with Crippen LogP contribution in [0.25, 0.3) is 0 Å². The normalized spacial score (nSPS) is 10.2. The second kappa shape index (κ2) is 9.06. The fourth-order valence-corrected chi connectivity index (χ4v) is 2.52. The van der Waals surface area contributed by atoms with E-state index in [-0.39, 0.29) is 6.61 Å². The summed E-state index contributed by atoms with van der Waals surface area (Å²) in [5.74, 6) is 0.775. The molecule has 1 amide bonds. The van der Waals surface area contributed by atoms with Crippen molar-refractivity contribution in [3.63, 3.8) is 0 Å². The molecule has 0 fully saturated rings. The number of nitrogens with one attached hydrogen (secondary N) is 1. The highest BCUT2D eigenvalue weighted by Gasteiger charge is 2.04. The minimum atomic E-state index is -0.489. The molecule has 1 N–H and O–H groups in total. The Hall–Kier alpha value is -2.79. The molecule has 26 heavy (non-hydrogen) atoms. The molecule has 132 valence electrons. The van der Waals surface area contributed by atoms with E-state index in [4.69, 9.17) is 9.47 Å². The molecule has 0 saturated heterocycles. The topological polar surface area (TPSA) is 47.6 Å². The summed E-state index contributed by atoms with van der Waals surface area (Å²) in [6.45, 7) is 0.716. The fourth-order valence-electron chi connectivity index (χ4n) is 2.26. The first-order valence-electron chi connectivity index (χ1n) is 8.14. The lowest BCUT2D eigenvalue weighted by atomic mass is 10.2. The predicted octanol–water partition coefficient (Wildman–Crippen LogP) is 5.78. The van der Waals surface area contributed by atoms with Crippen LogP contribution in [0, 0.1) is 0 Å². The molecule has 0 atom stereocenters. The van der Waals surface area contributed by atoms with Crippen LogP contribution in [0.15, 0.2) is 83.3 Å². The van der Waals surface area contributed by atoms with E-state index >= 15 is 0 Å². The summed E-state index contributed by atoms with van der Waals surface area (Å²) in [7, 11) is 0. The molecule has 3 rings (SSSR count). The minimum Gasteiger partial charge on any atom is -0.489 e. The molecule has 0 aromatic heterocycles. The van der Waals surface area contributed by atoms with E-state index in [9.17, 15) is 4.79 Å². The van der Waals surface area contributed by atoms with Gasteiger partial charge in [-0.05, 0) is 47.5 Å². The Balaban J connectivity index is 1.45. The second-order valence-corrected chi connectivity index (χ2v) is 6.54. The van der Waals surface area contributed by atoms with Crippen molar-refractivity contribution in [2.45, 2.75) is 13.2 Å². The van der Waals surface area contributed by atoms with Gasteiger partial charge in [-0.15, -0.1) is 0 Å². The molecule has 5 heteroatoms. The summed E-state index contributed by atoms with van der Waals surface area (Å²) in [4.78, 5) is 11.8. The summed E-state index contributed by atoms with van der Waals surface area (Å²) in [5.41, 5.74) is 2.69. The maximum Gasteiger partial charge on any atom is 0.411 e. The zero-order chi connectivity index (χ0) is 18.2. The highest BCUT2D eigenvalue weighted by Crippen LogP contribution is 2.16. The SMILES string of the molecule is O=C(Nc1ccc(Br)cc1)OCc1ccc(OCc2ccccc2)cc1. The number of benzene rings is 3. The zero-order valence-corrected chi connectivity index (χ0v) is 15.6. The van der Waals surface area contributed by atoms with Gasteiger partial charge in [0, 0.05) is 10.2 Å². The van der Waals surface area contributed by atoms with Gasteiger partial charge in [0.15, 0.2) is 0 Å². The van der Waals surface area contributed by atoms with Crippen molar-refractivity contribution in [1.82, 2.24) is 0 Å². The highest BCUT2D eigenvalue weighted by atomic mass is 79.9. The molecular weight excluding hydrogens is 394 g/mol. The lowest BCUT2D eigenvalue weighted by Gasteiger charge is -2.09. The Morgan fingerprint density at radius 2 is 1.46 bits per heavy atom. The number of hydrogen-bond acceptors (Lipinski definition) is 3. The summed E-state index contributed by atoms with van der Waals surface area (Å²) in [6, 6.07) is 24.8. The number of carbonyl (C=O) groups excluding carboxylic acids is 1. The van der Waals surface area contributed by atoms with Crippen molar-refractivity contribution in [2.24, 2.45) is 0 Å². The van der Waals surface area contributed by atoms with Gasteiger partial charge in [-0.2, -0.15) is 0 Å². The number of rotatable bonds is 6. The van der Waals surface area contributed by atoms with Crippen LogP contribution in [0.1, 0.15) is 11.1 Å². The Bertz CT molecular complexity index is 833. The number of amides is 1. The minimum absolute atomic E-state index is 0.196. The monoisotopic (exact) mass is 411 g/mol. The van der Waals surface area contributed by atoms with Crippen LogP contribution < -0.4 is 10.1 Å². The lowest BCUT2D eigenvalue weighted by Crippen LogP contribution is -2.13.